The van der Waals surface area contributed by atoms with Crippen molar-refractivity contribution in [1.29, 1.82) is 0 Å². The van der Waals surface area contributed by atoms with Gasteiger partial charge in [0, 0.05) is 0 Å². The summed E-state index contributed by atoms with van der Waals surface area (Å²) in [6, 6.07) is -0.268. The Labute approximate surface area is 180 Å². The molecular formula is C23H39NO6. The van der Waals surface area contributed by atoms with Gasteiger partial charge in [0.15, 0.2) is 0 Å². The zero-order valence-electron chi connectivity index (χ0n) is 19.3. The third-order valence-corrected chi connectivity index (χ3v) is 6.62. The maximum absolute atomic E-state index is 13.2. The van der Waals surface area contributed by atoms with E-state index in [0.717, 1.165) is 19.3 Å². The summed E-state index contributed by atoms with van der Waals surface area (Å²) in [6.07, 6.45) is 5.57. The summed E-state index contributed by atoms with van der Waals surface area (Å²) in [5.41, 5.74) is -1.52. The van der Waals surface area contributed by atoms with E-state index >= 15 is 0 Å². The molecule has 3 rings (SSSR count). The number of hydrogen-bond acceptors (Lipinski definition) is 5. The van der Waals surface area contributed by atoms with Crippen LogP contribution in [0, 0.1) is 11.8 Å². The molecule has 0 spiro atoms. The molecule has 1 N–H and O–H groups in total. The summed E-state index contributed by atoms with van der Waals surface area (Å²) in [7, 11) is 0. The molecule has 30 heavy (non-hydrogen) atoms. The van der Waals surface area contributed by atoms with Gasteiger partial charge < -0.3 is 19.3 Å². The van der Waals surface area contributed by atoms with Crippen molar-refractivity contribution in [3.8, 4) is 0 Å². The van der Waals surface area contributed by atoms with Crippen molar-refractivity contribution in [3.05, 3.63) is 0 Å². The second-order valence-corrected chi connectivity index (χ2v) is 10.8. The molecule has 0 unspecified atom stereocenters. The maximum Gasteiger partial charge on any atom is 0.412 e. The molecule has 2 aliphatic heterocycles. The van der Waals surface area contributed by atoms with Crippen LogP contribution in [0.25, 0.3) is 0 Å². The number of carbonyl (C=O) groups excluding carboxylic acids is 1. The van der Waals surface area contributed by atoms with Gasteiger partial charge >= 0.3 is 12.1 Å². The minimum Gasteiger partial charge on any atom is -0.481 e. The third-order valence-electron chi connectivity index (χ3n) is 6.62. The van der Waals surface area contributed by atoms with Crippen LogP contribution < -0.4 is 0 Å². The van der Waals surface area contributed by atoms with Crippen LogP contribution in [0.4, 0.5) is 4.79 Å². The van der Waals surface area contributed by atoms with E-state index in [9.17, 15) is 14.7 Å². The maximum atomic E-state index is 13.2. The van der Waals surface area contributed by atoms with Crippen LogP contribution in [0.3, 0.4) is 0 Å². The average Bonchev–Trinajstić information content (AvgIpc) is 3.11. The molecule has 0 radical (unpaired) electrons. The first kappa shape index (κ1) is 23.3. The Morgan fingerprint density at radius 1 is 1.13 bits per heavy atom. The largest absolute Gasteiger partial charge is 0.481 e. The second kappa shape index (κ2) is 8.65. The third kappa shape index (κ3) is 5.10. The zero-order valence-corrected chi connectivity index (χ0v) is 19.3. The molecule has 0 aromatic carbocycles. The van der Waals surface area contributed by atoms with Crippen LogP contribution in [-0.2, 0) is 19.0 Å². The molecule has 0 bridgehead atoms. The van der Waals surface area contributed by atoms with E-state index in [1.54, 1.807) is 4.90 Å². The molecule has 1 saturated carbocycles. The summed E-state index contributed by atoms with van der Waals surface area (Å²) in [6.45, 7) is 11.2. The number of aliphatic carboxylic acids is 1. The second-order valence-electron chi connectivity index (χ2n) is 10.8. The van der Waals surface area contributed by atoms with Gasteiger partial charge in [0.05, 0.1) is 24.2 Å². The summed E-state index contributed by atoms with van der Waals surface area (Å²) < 4.78 is 18.2. The fourth-order valence-electron chi connectivity index (χ4n) is 5.43. The number of hydrogen-bond donors (Lipinski definition) is 1. The minimum atomic E-state index is -0.898. The zero-order chi connectivity index (χ0) is 22.3. The van der Waals surface area contributed by atoms with Crippen molar-refractivity contribution in [3.63, 3.8) is 0 Å². The summed E-state index contributed by atoms with van der Waals surface area (Å²) in [5, 5.41) is 9.79. The van der Waals surface area contributed by atoms with Crippen molar-refractivity contribution in [1.82, 2.24) is 4.90 Å². The Morgan fingerprint density at radius 3 is 2.33 bits per heavy atom. The summed E-state index contributed by atoms with van der Waals surface area (Å²) in [4.78, 5) is 26.9. The molecule has 2 saturated heterocycles. The lowest BCUT2D eigenvalue weighted by Gasteiger charge is -2.37. The number of amides is 1. The summed E-state index contributed by atoms with van der Waals surface area (Å²) in [5.74, 6) is -0.998. The minimum absolute atomic E-state index is 0.145. The van der Waals surface area contributed by atoms with Gasteiger partial charge in [0.1, 0.15) is 17.4 Å². The van der Waals surface area contributed by atoms with Crippen molar-refractivity contribution in [2.24, 2.45) is 11.8 Å². The predicted molar refractivity (Wildman–Crippen MR) is 112 cm³/mol. The molecule has 7 heteroatoms. The van der Waals surface area contributed by atoms with E-state index in [2.05, 4.69) is 0 Å². The molecule has 0 aromatic rings. The van der Waals surface area contributed by atoms with Crippen LogP contribution in [0.1, 0.15) is 86.5 Å². The van der Waals surface area contributed by atoms with E-state index in [0.29, 0.717) is 12.3 Å². The van der Waals surface area contributed by atoms with Gasteiger partial charge in [-0.15, -0.1) is 0 Å². The molecule has 3 fully saturated rings. The number of nitrogens with zero attached hydrogens (tertiary/aromatic N) is 1. The first-order valence-electron chi connectivity index (χ1n) is 11.5. The molecule has 172 valence electrons. The molecule has 0 aromatic heterocycles. The highest BCUT2D eigenvalue weighted by Crippen LogP contribution is 2.44. The Bertz CT molecular complexity index is 636. The lowest BCUT2D eigenvalue weighted by Crippen LogP contribution is -2.52. The van der Waals surface area contributed by atoms with Gasteiger partial charge in [-0.3, -0.25) is 9.69 Å². The lowest BCUT2D eigenvalue weighted by atomic mass is 9.81. The highest BCUT2D eigenvalue weighted by molar-refractivity contribution is 5.72. The highest BCUT2D eigenvalue weighted by Gasteiger charge is 2.57. The highest BCUT2D eigenvalue weighted by atomic mass is 16.6. The van der Waals surface area contributed by atoms with Crippen molar-refractivity contribution in [2.75, 3.05) is 0 Å². The quantitative estimate of drug-likeness (QED) is 0.710. The van der Waals surface area contributed by atoms with E-state index in [1.807, 2.05) is 41.5 Å². The molecule has 1 amide bonds. The number of carbonyl (C=O) groups is 2. The van der Waals surface area contributed by atoms with Crippen molar-refractivity contribution < 1.29 is 28.9 Å². The predicted octanol–water partition coefficient (Wildman–Crippen LogP) is 4.58. The normalized spacial score (nSPS) is 34.9. The van der Waals surface area contributed by atoms with E-state index in [-0.39, 0.29) is 12.1 Å². The average molecular weight is 426 g/mol. The first-order chi connectivity index (χ1) is 13.9. The van der Waals surface area contributed by atoms with Gasteiger partial charge in [-0.25, -0.2) is 4.79 Å². The van der Waals surface area contributed by atoms with Gasteiger partial charge in [0.25, 0.3) is 0 Å². The Balaban J connectivity index is 1.91. The van der Waals surface area contributed by atoms with E-state index < -0.39 is 41.5 Å². The first-order valence-corrected chi connectivity index (χ1v) is 11.5. The number of rotatable bonds is 4. The standard InChI is InChI=1S/C23H39NO6/c1-14-12-16(20(25)26)18(28-14)19-17(13-15-10-8-7-9-11-15)24(23(5,6)29-19)21(27)30-22(2,3)4/h14-19H,7-13H2,1-6H3,(H,25,26)/t14-,16-,17+,18-,19-/m1/s1. The SMILES string of the molecule is C[C@@H]1C[C@@H](C(=O)O)[C@H]([C@@H]2OC(C)(C)N(C(=O)OC(C)(C)C)[C@H]2CC2CCCCC2)O1. The number of carboxylic acid groups (broad SMARTS) is 1. The summed E-state index contributed by atoms with van der Waals surface area (Å²) >= 11 is 0. The van der Waals surface area contributed by atoms with Crippen LogP contribution >= 0.6 is 0 Å². The van der Waals surface area contributed by atoms with Gasteiger partial charge in [-0.1, -0.05) is 32.1 Å². The Morgan fingerprint density at radius 2 is 1.77 bits per heavy atom. The topological polar surface area (TPSA) is 85.3 Å². The monoisotopic (exact) mass is 425 g/mol. The van der Waals surface area contributed by atoms with E-state index in [1.165, 1.54) is 19.3 Å². The van der Waals surface area contributed by atoms with Crippen molar-refractivity contribution >= 4 is 12.1 Å². The van der Waals surface area contributed by atoms with Crippen LogP contribution in [0.15, 0.2) is 0 Å². The van der Waals surface area contributed by atoms with Crippen LogP contribution in [-0.4, -0.2) is 57.7 Å². The Hall–Kier alpha value is -1.34. The van der Waals surface area contributed by atoms with E-state index in [4.69, 9.17) is 14.2 Å². The van der Waals surface area contributed by atoms with Crippen molar-refractivity contribution in [2.45, 2.75) is 122 Å². The van der Waals surface area contributed by atoms with Gasteiger partial charge in [-0.05, 0) is 60.3 Å². The molecule has 2 heterocycles. The van der Waals surface area contributed by atoms with Gasteiger partial charge in [0.2, 0.25) is 0 Å². The molecule has 5 atom stereocenters. The molecule has 1 aliphatic carbocycles. The van der Waals surface area contributed by atoms with Crippen LogP contribution in [0.2, 0.25) is 0 Å². The smallest absolute Gasteiger partial charge is 0.412 e. The number of carboxylic acids is 1. The molecule has 7 nitrogen and oxygen atoms in total. The molecule has 3 aliphatic rings. The lowest BCUT2D eigenvalue weighted by molar-refractivity contribution is -0.151. The fourth-order valence-corrected chi connectivity index (χ4v) is 5.43. The van der Waals surface area contributed by atoms with Gasteiger partial charge in [-0.2, -0.15) is 0 Å². The van der Waals surface area contributed by atoms with Crippen LogP contribution in [0.5, 0.6) is 0 Å². The molecular weight excluding hydrogens is 386 g/mol. The number of ether oxygens (including phenoxy) is 3. The fraction of sp³-hybridized carbons (Fsp3) is 0.913. The Kier molecular flexibility index (Phi) is 6.73.